The molecule has 2 aromatic carbocycles. The molecule has 3 aliphatic carbocycles. The Labute approximate surface area is 162 Å². The molecule has 3 aliphatic rings. The van der Waals surface area contributed by atoms with Gasteiger partial charge in [-0.1, -0.05) is 43.3 Å². The van der Waals surface area contributed by atoms with Gasteiger partial charge in [0, 0.05) is 6.42 Å². The van der Waals surface area contributed by atoms with Crippen LogP contribution in [0.2, 0.25) is 0 Å². The first-order valence-electron chi connectivity index (χ1n) is 10.6. The molecular weight excluding hydrogens is 332 g/mol. The van der Waals surface area contributed by atoms with Crippen molar-refractivity contribution < 1.29 is 10.2 Å². The van der Waals surface area contributed by atoms with E-state index < -0.39 is 0 Å². The quantitative estimate of drug-likeness (QED) is 0.771. The van der Waals surface area contributed by atoms with Crippen molar-refractivity contribution in [3.8, 4) is 5.75 Å². The van der Waals surface area contributed by atoms with E-state index in [9.17, 15) is 10.2 Å². The van der Waals surface area contributed by atoms with Crippen molar-refractivity contribution in [2.45, 2.75) is 63.9 Å². The largest absolute Gasteiger partial charge is 0.508 e. The fourth-order valence-corrected chi connectivity index (χ4v) is 6.59. The first-order chi connectivity index (χ1) is 13.1. The predicted molar refractivity (Wildman–Crippen MR) is 108 cm³/mol. The summed E-state index contributed by atoms with van der Waals surface area (Å²) in [7, 11) is 0. The van der Waals surface area contributed by atoms with Gasteiger partial charge in [-0.3, -0.25) is 0 Å². The summed E-state index contributed by atoms with van der Waals surface area (Å²) in [5.41, 5.74) is 5.27. The van der Waals surface area contributed by atoms with E-state index in [0.29, 0.717) is 23.5 Å². The van der Waals surface area contributed by atoms with E-state index in [4.69, 9.17) is 0 Å². The van der Waals surface area contributed by atoms with Crippen LogP contribution in [0.15, 0.2) is 42.5 Å². The molecule has 5 rings (SSSR count). The molecule has 3 unspecified atom stereocenters. The summed E-state index contributed by atoms with van der Waals surface area (Å²) in [5.74, 6) is 2.41. The summed E-state index contributed by atoms with van der Waals surface area (Å²) in [4.78, 5) is 0. The summed E-state index contributed by atoms with van der Waals surface area (Å²) in [6.07, 6.45) is 7.43. The molecule has 27 heavy (non-hydrogen) atoms. The number of hydrogen-bond donors (Lipinski definition) is 2. The maximum atomic E-state index is 10.6. The molecule has 2 fully saturated rings. The molecule has 0 bridgehead atoms. The molecule has 2 saturated carbocycles. The number of aliphatic hydroxyl groups is 1. The van der Waals surface area contributed by atoms with Crippen molar-refractivity contribution in [2.75, 3.05) is 0 Å². The predicted octanol–water partition coefficient (Wildman–Crippen LogP) is 5.20. The van der Waals surface area contributed by atoms with E-state index >= 15 is 0 Å². The zero-order valence-electron chi connectivity index (χ0n) is 16.2. The maximum Gasteiger partial charge on any atom is 0.119 e. The van der Waals surface area contributed by atoms with Crippen LogP contribution in [0.3, 0.4) is 0 Å². The number of benzene rings is 2. The second kappa shape index (κ2) is 6.38. The van der Waals surface area contributed by atoms with Gasteiger partial charge in [-0.15, -0.1) is 0 Å². The molecule has 0 saturated heterocycles. The number of rotatable bonds is 2. The lowest BCUT2D eigenvalue weighted by Gasteiger charge is -2.50. The summed E-state index contributed by atoms with van der Waals surface area (Å²) < 4.78 is 0. The van der Waals surface area contributed by atoms with E-state index in [1.54, 1.807) is 0 Å². The minimum Gasteiger partial charge on any atom is -0.508 e. The third kappa shape index (κ3) is 2.72. The summed E-state index contributed by atoms with van der Waals surface area (Å²) in [6, 6.07) is 14.8. The zero-order valence-corrected chi connectivity index (χ0v) is 16.2. The van der Waals surface area contributed by atoms with Crippen LogP contribution >= 0.6 is 0 Å². The van der Waals surface area contributed by atoms with Crippen LogP contribution in [0.25, 0.3) is 0 Å². The highest BCUT2D eigenvalue weighted by atomic mass is 16.3. The zero-order chi connectivity index (χ0) is 18.6. The van der Waals surface area contributed by atoms with Crippen molar-refractivity contribution in [1.29, 1.82) is 0 Å². The number of aryl methyl sites for hydroxylation is 1. The van der Waals surface area contributed by atoms with Gasteiger partial charge < -0.3 is 10.2 Å². The standard InChI is InChI=1S/C25H30O2/c1-25-12-11-19-20(22(25)9-10-24(25)27)8-7-17-15-23(26)18(14-21(17)19)13-16-5-3-2-4-6-16/h2-6,14-15,19-20,22,24,26-27H,7-13H2,1H3/t19?,20?,22?,24-,25-/m0/s1. The van der Waals surface area contributed by atoms with E-state index in [0.717, 1.165) is 31.2 Å². The first kappa shape index (κ1) is 17.3. The molecule has 2 nitrogen and oxygen atoms in total. The summed E-state index contributed by atoms with van der Waals surface area (Å²) in [5, 5.41) is 21.2. The Bertz CT molecular complexity index is 843. The van der Waals surface area contributed by atoms with Crippen molar-refractivity contribution in [2.24, 2.45) is 17.3 Å². The average Bonchev–Trinajstić information content (AvgIpc) is 2.98. The maximum absolute atomic E-state index is 10.6. The molecule has 0 aliphatic heterocycles. The third-order valence-corrected chi connectivity index (χ3v) is 8.11. The number of phenolic OH excluding ortho intramolecular Hbond substituents is 1. The average molecular weight is 363 g/mol. The number of hydrogen-bond acceptors (Lipinski definition) is 2. The van der Waals surface area contributed by atoms with Crippen molar-refractivity contribution in [1.82, 2.24) is 0 Å². The Kier molecular flexibility index (Phi) is 4.09. The smallest absolute Gasteiger partial charge is 0.119 e. The van der Waals surface area contributed by atoms with Gasteiger partial charge in [0.2, 0.25) is 0 Å². The van der Waals surface area contributed by atoms with Gasteiger partial charge in [0.1, 0.15) is 5.75 Å². The molecule has 2 heteroatoms. The molecule has 0 spiro atoms. The fraction of sp³-hybridized carbons (Fsp3) is 0.520. The van der Waals surface area contributed by atoms with Crippen LogP contribution in [-0.2, 0) is 12.8 Å². The third-order valence-electron chi connectivity index (χ3n) is 8.11. The fourth-order valence-electron chi connectivity index (χ4n) is 6.59. The van der Waals surface area contributed by atoms with Gasteiger partial charge >= 0.3 is 0 Å². The minimum absolute atomic E-state index is 0.113. The molecule has 0 heterocycles. The van der Waals surface area contributed by atoms with Crippen LogP contribution in [0.1, 0.15) is 67.2 Å². The SMILES string of the molecule is C[C@]12CCC3c4cc(Cc5ccccc5)c(O)cc4CCC3C1CC[C@@H]2O. The topological polar surface area (TPSA) is 40.5 Å². The Morgan fingerprint density at radius 1 is 1.04 bits per heavy atom. The molecule has 2 N–H and O–H groups in total. The van der Waals surface area contributed by atoms with Crippen molar-refractivity contribution in [3.05, 3.63) is 64.7 Å². The van der Waals surface area contributed by atoms with Crippen molar-refractivity contribution >= 4 is 0 Å². The number of aliphatic hydroxyl groups excluding tert-OH is 1. The molecule has 0 radical (unpaired) electrons. The van der Waals surface area contributed by atoms with Gasteiger partial charge in [-0.2, -0.15) is 0 Å². The highest BCUT2D eigenvalue weighted by Gasteiger charge is 2.54. The highest BCUT2D eigenvalue weighted by Crippen LogP contribution is 2.61. The van der Waals surface area contributed by atoms with Crippen LogP contribution < -0.4 is 0 Å². The van der Waals surface area contributed by atoms with Gasteiger partial charge in [-0.25, -0.2) is 0 Å². The van der Waals surface area contributed by atoms with E-state index in [1.165, 1.54) is 36.0 Å². The van der Waals surface area contributed by atoms with Gasteiger partial charge in [-0.05, 0) is 90.0 Å². The monoisotopic (exact) mass is 362 g/mol. The Morgan fingerprint density at radius 3 is 2.67 bits per heavy atom. The van der Waals surface area contributed by atoms with E-state index in [-0.39, 0.29) is 11.5 Å². The normalized spacial score (nSPS) is 34.6. The van der Waals surface area contributed by atoms with E-state index in [1.807, 2.05) is 12.1 Å². The lowest BCUT2D eigenvalue weighted by Crippen LogP contribution is -2.43. The van der Waals surface area contributed by atoms with Crippen LogP contribution in [0, 0.1) is 17.3 Å². The highest BCUT2D eigenvalue weighted by molar-refractivity contribution is 5.47. The second-order valence-electron chi connectivity index (χ2n) is 9.40. The van der Waals surface area contributed by atoms with Gasteiger partial charge in [0.15, 0.2) is 0 Å². The Hall–Kier alpha value is -1.80. The Morgan fingerprint density at radius 2 is 1.85 bits per heavy atom. The number of phenols is 1. The minimum atomic E-state index is -0.113. The number of aromatic hydroxyl groups is 1. The lowest BCUT2D eigenvalue weighted by atomic mass is 9.55. The lowest BCUT2D eigenvalue weighted by molar-refractivity contribution is -0.0226. The number of fused-ring (bicyclic) bond motifs is 5. The first-order valence-corrected chi connectivity index (χ1v) is 10.6. The molecule has 0 aromatic heterocycles. The molecule has 0 amide bonds. The molecule has 142 valence electrons. The summed E-state index contributed by atoms with van der Waals surface area (Å²) >= 11 is 0. The van der Waals surface area contributed by atoms with Crippen LogP contribution in [0.5, 0.6) is 5.75 Å². The Balaban J connectivity index is 1.49. The molecular formula is C25H30O2. The second-order valence-corrected chi connectivity index (χ2v) is 9.40. The van der Waals surface area contributed by atoms with Gasteiger partial charge in [0.05, 0.1) is 6.10 Å². The van der Waals surface area contributed by atoms with Crippen LogP contribution in [-0.4, -0.2) is 16.3 Å². The summed E-state index contributed by atoms with van der Waals surface area (Å²) in [6.45, 7) is 2.33. The van der Waals surface area contributed by atoms with Crippen molar-refractivity contribution in [3.63, 3.8) is 0 Å². The van der Waals surface area contributed by atoms with E-state index in [2.05, 4.69) is 37.3 Å². The van der Waals surface area contributed by atoms with Crippen LogP contribution in [0.4, 0.5) is 0 Å². The van der Waals surface area contributed by atoms with Gasteiger partial charge in [0.25, 0.3) is 0 Å². The molecule has 2 aromatic rings. The molecule has 5 atom stereocenters.